The second-order valence-corrected chi connectivity index (χ2v) is 7.86. The van der Waals surface area contributed by atoms with E-state index in [1.165, 1.54) is 6.07 Å². The summed E-state index contributed by atoms with van der Waals surface area (Å²) >= 11 is 0.953. The molecule has 8 heteroatoms. The predicted molar refractivity (Wildman–Crippen MR) is 83.7 cm³/mol. The Morgan fingerprint density at radius 3 is 2.59 bits per heavy atom. The number of aryl methyl sites for hydroxylation is 1. The molecule has 1 unspecified atom stereocenters. The van der Waals surface area contributed by atoms with Crippen molar-refractivity contribution in [3.63, 3.8) is 0 Å². The monoisotopic (exact) mass is 340 g/mol. The average Bonchev–Trinajstić information content (AvgIpc) is 2.82. The van der Waals surface area contributed by atoms with Crippen LogP contribution in [-0.2, 0) is 16.4 Å². The van der Waals surface area contributed by atoms with Crippen molar-refractivity contribution in [3.8, 4) is 0 Å². The molecule has 2 rings (SSSR count). The summed E-state index contributed by atoms with van der Waals surface area (Å²) < 4.78 is 27.3. The fraction of sp³-hybridized carbons (Fsp3) is 0.286. The van der Waals surface area contributed by atoms with Crippen LogP contribution in [-0.4, -0.2) is 30.5 Å². The van der Waals surface area contributed by atoms with Crippen LogP contribution in [0, 0.1) is 6.92 Å². The van der Waals surface area contributed by atoms with Gasteiger partial charge in [0.05, 0.1) is 4.90 Å². The molecule has 22 heavy (non-hydrogen) atoms. The Morgan fingerprint density at radius 1 is 1.41 bits per heavy atom. The van der Waals surface area contributed by atoms with Crippen LogP contribution < -0.4 is 4.72 Å². The van der Waals surface area contributed by atoms with E-state index in [0.717, 1.165) is 16.9 Å². The summed E-state index contributed by atoms with van der Waals surface area (Å²) in [7, 11) is -3.74. The molecule has 2 N–H and O–H groups in total. The molecule has 0 aliphatic heterocycles. The van der Waals surface area contributed by atoms with Gasteiger partial charge in [0.25, 0.3) is 0 Å². The van der Waals surface area contributed by atoms with Crippen molar-refractivity contribution in [3.05, 3.63) is 45.9 Å². The number of carbonyl (C=O) groups is 1. The number of rotatable bonds is 6. The minimum Gasteiger partial charge on any atom is -0.477 e. The highest BCUT2D eigenvalue weighted by atomic mass is 32.2. The van der Waals surface area contributed by atoms with Crippen molar-refractivity contribution in [2.24, 2.45) is 0 Å². The number of sulfonamides is 1. The number of hydrogen-bond donors (Lipinski definition) is 2. The molecule has 2 aromatic rings. The second-order valence-electron chi connectivity index (χ2n) is 4.92. The highest BCUT2D eigenvalue weighted by molar-refractivity contribution is 7.89. The molecule has 0 spiro atoms. The van der Waals surface area contributed by atoms with Crippen LogP contribution in [0.4, 0.5) is 0 Å². The maximum Gasteiger partial charge on any atom is 0.345 e. The van der Waals surface area contributed by atoms with Gasteiger partial charge in [0.2, 0.25) is 10.0 Å². The van der Waals surface area contributed by atoms with E-state index in [1.54, 1.807) is 26.2 Å². The lowest BCUT2D eigenvalue weighted by Gasteiger charge is -2.14. The van der Waals surface area contributed by atoms with Crippen molar-refractivity contribution in [1.82, 2.24) is 9.71 Å². The van der Waals surface area contributed by atoms with Gasteiger partial charge in [-0.25, -0.2) is 17.9 Å². The summed E-state index contributed by atoms with van der Waals surface area (Å²) in [5.74, 6) is -1.13. The van der Waals surface area contributed by atoms with Crippen LogP contribution in [0.5, 0.6) is 0 Å². The molecule has 0 saturated carbocycles. The lowest BCUT2D eigenvalue weighted by Crippen LogP contribution is -2.34. The number of aromatic nitrogens is 1. The molecule has 2 aromatic heterocycles. The van der Waals surface area contributed by atoms with Gasteiger partial charge in [0, 0.05) is 23.3 Å². The molecule has 0 bridgehead atoms. The van der Waals surface area contributed by atoms with Gasteiger partial charge in [-0.1, -0.05) is 0 Å². The van der Waals surface area contributed by atoms with Crippen molar-refractivity contribution in [2.45, 2.75) is 31.2 Å². The topological polar surface area (TPSA) is 96.4 Å². The molecule has 118 valence electrons. The zero-order valence-corrected chi connectivity index (χ0v) is 13.7. The largest absolute Gasteiger partial charge is 0.477 e. The van der Waals surface area contributed by atoms with Crippen LogP contribution in [0.25, 0.3) is 0 Å². The fourth-order valence-electron chi connectivity index (χ4n) is 2.08. The van der Waals surface area contributed by atoms with E-state index < -0.39 is 16.0 Å². The number of carboxylic acids is 1. The Morgan fingerprint density at radius 2 is 2.05 bits per heavy atom. The smallest absolute Gasteiger partial charge is 0.345 e. The summed E-state index contributed by atoms with van der Waals surface area (Å²) in [4.78, 5) is 15.4. The van der Waals surface area contributed by atoms with Gasteiger partial charge in [0.15, 0.2) is 0 Å². The Labute approximate surface area is 132 Å². The predicted octanol–water partition coefficient (Wildman–Crippen LogP) is 2.06. The lowest BCUT2D eigenvalue weighted by atomic mass is 10.1. The number of pyridine rings is 1. The van der Waals surface area contributed by atoms with Gasteiger partial charge >= 0.3 is 5.97 Å². The number of carboxylic acid groups (broad SMARTS) is 1. The lowest BCUT2D eigenvalue weighted by molar-refractivity contribution is 0.0702. The quantitative estimate of drug-likeness (QED) is 0.839. The van der Waals surface area contributed by atoms with Gasteiger partial charge in [-0.3, -0.25) is 4.98 Å². The van der Waals surface area contributed by atoms with E-state index >= 15 is 0 Å². The maximum atomic E-state index is 12.4. The third kappa shape index (κ3) is 3.90. The van der Waals surface area contributed by atoms with E-state index in [-0.39, 0.29) is 15.8 Å². The summed E-state index contributed by atoms with van der Waals surface area (Å²) in [5.41, 5.74) is 0.971. The van der Waals surface area contributed by atoms with Gasteiger partial charge < -0.3 is 5.11 Å². The molecule has 2 heterocycles. The number of nitrogens with one attached hydrogen (secondary N) is 1. The van der Waals surface area contributed by atoms with E-state index in [9.17, 15) is 13.2 Å². The summed E-state index contributed by atoms with van der Waals surface area (Å²) in [5, 5.41) is 8.95. The van der Waals surface area contributed by atoms with Gasteiger partial charge in [0.1, 0.15) is 4.88 Å². The second kappa shape index (κ2) is 6.55. The van der Waals surface area contributed by atoms with Gasteiger partial charge in [-0.15, -0.1) is 11.3 Å². The van der Waals surface area contributed by atoms with E-state index in [2.05, 4.69) is 9.71 Å². The van der Waals surface area contributed by atoms with E-state index in [1.807, 2.05) is 12.1 Å². The van der Waals surface area contributed by atoms with E-state index in [4.69, 9.17) is 5.11 Å². The minimum absolute atomic E-state index is 0.0136. The summed E-state index contributed by atoms with van der Waals surface area (Å²) in [6, 6.07) is 4.52. The number of thiophene rings is 1. The molecular formula is C14H16N2O4S2. The van der Waals surface area contributed by atoms with Crippen molar-refractivity contribution in [2.75, 3.05) is 0 Å². The Bertz CT molecular complexity index is 769. The third-order valence-corrected chi connectivity index (χ3v) is 5.90. The van der Waals surface area contributed by atoms with Gasteiger partial charge in [-0.2, -0.15) is 0 Å². The highest BCUT2D eigenvalue weighted by Gasteiger charge is 2.23. The SMILES string of the molecule is Cc1sc(C(=O)O)cc1S(=O)(=O)NC(C)Cc1ccncc1. The van der Waals surface area contributed by atoms with Crippen LogP contribution in [0.1, 0.15) is 27.0 Å². The molecule has 1 atom stereocenters. The molecule has 0 amide bonds. The van der Waals surface area contributed by atoms with Crippen molar-refractivity contribution < 1.29 is 18.3 Å². The third-order valence-electron chi connectivity index (χ3n) is 3.02. The molecule has 6 nitrogen and oxygen atoms in total. The Balaban J connectivity index is 2.15. The molecule has 0 aliphatic rings. The summed E-state index contributed by atoms with van der Waals surface area (Å²) in [6.07, 6.45) is 3.83. The zero-order valence-electron chi connectivity index (χ0n) is 12.1. The normalized spacial score (nSPS) is 13.0. The van der Waals surface area contributed by atoms with Crippen LogP contribution in [0.2, 0.25) is 0 Å². The molecular weight excluding hydrogens is 324 g/mol. The molecule has 0 aromatic carbocycles. The summed E-state index contributed by atoms with van der Waals surface area (Å²) in [6.45, 7) is 3.36. The molecule has 0 saturated heterocycles. The standard InChI is InChI=1S/C14H16N2O4S2/c1-9(7-11-3-5-15-6-4-11)16-22(19,20)13-8-12(14(17)18)21-10(13)2/h3-6,8-9,16H,7H2,1-2H3,(H,17,18). The molecule has 0 aliphatic carbocycles. The fourth-order valence-corrected chi connectivity index (χ4v) is 4.75. The molecule has 0 radical (unpaired) electrons. The van der Waals surface area contributed by atoms with E-state index in [0.29, 0.717) is 11.3 Å². The Kier molecular flexibility index (Phi) is 4.94. The number of hydrogen-bond acceptors (Lipinski definition) is 5. The van der Waals surface area contributed by atoms with Crippen molar-refractivity contribution >= 4 is 27.3 Å². The first-order valence-corrected chi connectivity index (χ1v) is 8.84. The average molecular weight is 340 g/mol. The van der Waals surface area contributed by atoms with Crippen molar-refractivity contribution in [1.29, 1.82) is 0 Å². The zero-order chi connectivity index (χ0) is 16.3. The maximum absolute atomic E-state index is 12.4. The first-order valence-electron chi connectivity index (χ1n) is 6.54. The van der Waals surface area contributed by atoms with Gasteiger partial charge in [-0.05, 0) is 44.0 Å². The van der Waals surface area contributed by atoms with Crippen LogP contribution in [0.15, 0.2) is 35.5 Å². The first kappa shape index (κ1) is 16.6. The molecule has 0 fully saturated rings. The van der Waals surface area contributed by atoms with Crippen LogP contribution in [0.3, 0.4) is 0 Å². The number of nitrogens with zero attached hydrogens (tertiary/aromatic N) is 1. The first-order chi connectivity index (χ1) is 10.3. The Hall–Kier alpha value is -1.77. The van der Waals surface area contributed by atoms with Crippen LogP contribution >= 0.6 is 11.3 Å². The highest BCUT2D eigenvalue weighted by Crippen LogP contribution is 2.25. The minimum atomic E-state index is -3.74. The number of aromatic carboxylic acids is 1.